The summed E-state index contributed by atoms with van der Waals surface area (Å²) in [4.78, 5) is 14.3. The molecule has 20 heavy (non-hydrogen) atoms. The molecule has 1 aliphatic heterocycles. The molecule has 0 spiro atoms. The van der Waals surface area contributed by atoms with Crippen LogP contribution in [-0.2, 0) is 11.2 Å². The molecule has 1 saturated heterocycles. The van der Waals surface area contributed by atoms with Crippen LogP contribution in [0.1, 0.15) is 18.9 Å². The second-order valence-electron chi connectivity index (χ2n) is 5.10. The first-order valence-electron chi connectivity index (χ1n) is 6.94. The molecule has 0 saturated carbocycles. The van der Waals surface area contributed by atoms with Gasteiger partial charge in [0.2, 0.25) is 5.91 Å². The van der Waals surface area contributed by atoms with E-state index in [1.54, 1.807) is 7.11 Å². The topological polar surface area (TPSA) is 41.6 Å². The van der Waals surface area contributed by atoms with Gasteiger partial charge in [0.15, 0.2) is 0 Å². The predicted octanol–water partition coefficient (Wildman–Crippen LogP) is 2.21. The van der Waals surface area contributed by atoms with Crippen molar-refractivity contribution in [2.75, 3.05) is 26.7 Å². The highest BCUT2D eigenvalue weighted by Gasteiger charge is 2.22. The van der Waals surface area contributed by atoms with Crippen LogP contribution in [0.3, 0.4) is 0 Å². The number of methoxy groups -OCH3 is 1. The van der Waals surface area contributed by atoms with E-state index in [0.29, 0.717) is 12.8 Å². The number of piperazine rings is 1. The SMILES string of the molecule is COc1ccc(Br)cc1CCC(=O)N1CCNC[C@@H]1C. The minimum Gasteiger partial charge on any atom is -0.496 e. The Balaban J connectivity index is 1.97. The summed E-state index contributed by atoms with van der Waals surface area (Å²) in [5.41, 5.74) is 1.07. The van der Waals surface area contributed by atoms with E-state index in [1.807, 2.05) is 23.1 Å². The third-order valence-electron chi connectivity index (χ3n) is 3.67. The van der Waals surface area contributed by atoms with Gasteiger partial charge < -0.3 is 15.0 Å². The standard InChI is InChI=1S/C15H21BrN2O2/c1-11-10-17-7-8-18(11)15(19)6-3-12-9-13(16)4-5-14(12)20-2/h4-5,9,11,17H,3,6-8,10H2,1-2H3/t11-/m0/s1. The first-order chi connectivity index (χ1) is 9.61. The van der Waals surface area contributed by atoms with E-state index in [-0.39, 0.29) is 11.9 Å². The number of hydrogen-bond donors (Lipinski definition) is 1. The number of rotatable bonds is 4. The average molecular weight is 341 g/mol. The largest absolute Gasteiger partial charge is 0.496 e. The third kappa shape index (κ3) is 3.73. The molecule has 1 atom stereocenters. The van der Waals surface area contributed by atoms with Gasteiger partial charge in [0.25, 0.3) is 0 Å². The molecule has 4 nitrogen and oxygen atoms in total. The van der Waals surface area contributed by atoms with Gasteiger partial charge in [-0.1, -0.05) is 15.9 Å². The van der Waals surface area contributed by atoms with Crippen LogP contribution in [0.15, 0.2) is 22.7 Å². The van der Waals surface area contributed by atoms with Gasteiger partial charge in [-0.2, -0.15) is 0 Å². The Morgan fingerprint density at radius 3 is 3.05 bits per heavy atom. The molecule has 0 unspecified atom stereocenters. The Bertz CT molecular complexity index is 479. The van der Waals surface area contributed by atoms with Crippen molar-refractivity contribution in [1.29, 1.82) is 0 Å². The minimum atomic E-state index is 0.223. The maximum absolute atomic E-state index is 12.3. The smallest absolute Gasteiger partial charge is 0.223 e. The summed E-state index contributed by atoms with van der Waals surface area (Å²) in [5, 5.41) is 3.30. The number of nitrogens with zero attached hydrogens (tertiary/aromatic N) is 1. The van der Waals surface area contributed by atoms with E-state index < -0.39 is 0 Å². The van der Waals surface area contributed by atoms with Gasteiger partial charge in [-0.25, -0.2) is 0 Å². The highest BCUT2D eigenvalue weighted by Crippen LogP contribution is 2.24. The van der Waals surface area contributed by atoms with Crippen LogP contribution in [0.4, 0.5) is 0 Å². The third-order valence-corrected chi connectivity index (χ3v) is 4.17. The Hall–Kier alpha value is -1.07. The van der Waals surface area contributed by atoms with Crippen LogP contribution >= 0.6 is 15.9 Å². The van der Waals surface area contributed by atoms with Crippen molar-refractivity contribution in [2.45, 2.75) is 25.8 Å². The normalized spacial score (nSPS) is 18.9. The number of nitrogens with one attached hydrogen (secondary N) is 1. The maximum Gasteiger partial charge on any atom is 0.223 e. The van der Waals surface area contributed by atoms with E-state index in [9.17, 15) is 4.79 Å². The Morgan fingerprint density at radius 2 is 2.35 bits per heavy atom. The van der Waals surface area contributed by atoms with Gasteiger partial charge in [-0.15, -0.1) is 0 Å². The zero-order valence-corrected chi connectivity index (χ0v) is 13.6. The van der Waals surface area contributed by atoms with E-state index in [1.165, 1.54) is 0 Å². The number of aryl methyl sites for hydroxylation is 1. The van der Waals surface area contributed by atoms with Crippen molar-refractivity contribution >= 4 is 21.8 Å². The molecule has 1 fully saturated rings. The molecule has 1 aliphatic rings. The summed E-state index contributed by atoms with van der Waals surface area (Å²) < 4.78 is 6.35. The maximum atomic E-state index is 12.3. The number of benzene rings is 1. The molecular formula is C15H21BrN2O2. The van der Waals surface area contributed by atoms with Crippen molar-refractivity contribution in [3.05, 3.63) is 28.2 Å². The van der Waals surface area contributed by atoms with Gasteiger partial charge in [-0.05, 0) is 37.1 Å². The molecule has 1 heterocycles. The summed E-state index contributed by atoms with van der Waals surface area (Å²) >= 11 is 3.46. The highest BCUT2D eigenvalue weighted by molar-refractivity contribution is 9.10. The molecule has 1 aromatic carbocycles. The summed E-state index contributed by atoms with van der Waals surface area (Å²) in [5.74, 6) is 1.07. The first kappa shape index (κ1) is 15.3. The summed E-state index contributed by atoms with van der Waals surface area (Å²) in [6.07, 6.45) is 1.23. The number of amides is 1. The lowest BCUT2D eigenvalue weighted by molar-refractivity contribution is -0.133. The fraction of sp³-hybridized carbons (Fsp3) is 0.533. The molecule has 1 aromatic rings. The number of carbonyl (C=O) groups excluding carboxylic acids is 1. The van der Waals surface area contributed by atoms with Crippen LogP contribution in [0.25, 0.3) is 0 Å². The van der Waals surface area contributed by atoms with E-state index in [4.69, 9.17) is 4.74 Å². The van der Waals surface area contributed by atoms with Gasteiger partial charge in [-0.3, -0.25) is 4.79 Å². The lowest BCUT2D eigenvalue weighted by Crippen LogP contribution is -2.52. The van der Waals surface area contributed by atoms with Gasteiger partial charge in [0, 0.05) is 36.6 Å². The number of halogens is 1. The number of hydrogen-bond acceptors (Lipinski definition) is 3. The van der Waals surface area contributed by atoms with Crippen molar-refractivity contribution in [3.63, 3.8) is 0 Å². The Labute approximate surface area is 128 Å². The van der Waals surface area contributed by atoms with E-state index in [2.05, 4.69) is 28.2 Å². The monoisotopic (exact) mass is 340 g/mol. The minimum absolute atomic E-state index is 0.223. The van der Waals surface area contributed by atoms with Gasteiger partial charge >= 0.3 is 0 Å². The molecule has 0 radical (unpaired) electrons. The lowest BCUT2D eigenvalue weighted by Gasteiger charge is -2.34. The van der Waals surface area contributed by atoms with Gasteiger partial charge in [0.05, 0.1) is 7.11 Å². The molecule has 0 aliphatic carbocycles. The summed E-state index contributed by atoms with van der Waals surface area (Å²) in [6, 6.07) is 6.17. The zero-order chi connectivity index (χ0) is 14.5. The molecule has 5 heteroatoms. The van der Waals surface area contributed by atoms with Gasteiger partial charge in [0.1, 0.15) is 5.75 Å². The summed E-state index contributed by atoms with van der Waals surface area (Å²) in [6.45, 7) is 4.65. The molecule has 1 amide bonds. The Morgan fingerprint density at radius 1 is 1.55 bits per heavy atom. The van der Waals surface area contributed by atoms with Crippen molar-refractivity contribution in [1.82, 2.24) is 10.2 Å². The van der Waals surface area contributed by atoms with Crippen molar-refractivity contribution < 1.29 is 9.53 Å². The second-order valence-corrected chi connectivity index (χ2v) is 6.01. The fourth-order valence-electron chi connectivity index (χ4n) is 2.54. The molecule has 110 valence electrons. The van der Waals surface area contributed by atoms with Crippen LogP contribution in [0.5, 0.6) is 5.75 Å². The molecule has 1 N–H and O–H groups in total. The molecule has 0 aromatic heterocycles. The summed E-state index contributed by atoms with van der Waals surface area (Å²) in [7, 11) is 1.66. The van der Waals surface area contributed by atoms with Crippen molar-refractivity contribution in [2.24, 2.45) is 0 Å². The molecule has 0 bridgehead atoms. The molecular weight excluding hydrogens is 320 g/mol. The van der Waals surface area contributed by atoms with Crippen LogP contribution < -0.4 is 10.1 Å². The first-order valence-corrected chi connectivity index (χ1v) is 7.73. The quantitative estimate of drug-likeness (QED) is 0.913. The number of carbonyl (C=O) groups is 1. The van der Waals surface area contributed by atoms with E-state index >= 15 is 0 Å². The van der Waals surface area contributed by atoms with E-state index in [0.717, 1.165) is 35.4 Å². The second kappa shape index (κ2) is 7.09. The Kier molecular flexibility index (Phi) is 5.43. The average Bonchev–Trinajstić information content (AvgIpc) is 2.45. The number of ether oxygens (including phenoxy) is 1. The highest BCUT2D eigenvalue weighted by atomic mass is 79.9. The molecule has 2 rings (SSSR count). The fourth-order valence-corrected chi connectivity index (χ4v) is 2.95. The van der Waals surface area contributed by atoms with Crippen LogP contribution in [-0.4, -0.2) is 43.6 Å². The van der Waals surface area contributed by atoms with Crippen LogP contribution in [0.2, 0.25) is 0 Å². The lowest BCUT2D eigenvalue weighted by atomic mass is 10.1. The predicted molar refractivity (Wildman–Crippen MR) is 83.1 cm³/mol. The zero-order valence-electron chi connectivity index (χ0n) is 12.0. The van der Waals surface area contributed by atoms with Crippen LogP contribution in [0, 0.1) is 0 Å². The van der Waals surface area contributed by atoms with Crippen molar-refractivity contribution in [3.8, 4) is 5.75 Å².